The molecule has 31 heavy (non-hydrogen) atoms. The number of benzene rings is 3. The Hall–Kier alpha value is -2.51. The Balaban J connectivity index is 2.43. The van der Waals surface area contributed by atoms with Crippen LogP contribution in [-0.4, -0.2) is 19.3 Å². The lowest BCUT2D eigenvalue weighted by atomic mass is 9.86. The van der Waals surface area contributed by atoms with E-state index in [1.807, 2.05) is 36.4 Å². The van der Waals surface area contributed by atoms with Crippen LogP contribution in [0.2, 0.25) is 0 Å². The molecule has 0 radical (unpaired) electrons. The van der Waals surface area contributed by atoms with Crippen molar-refractivity contribution in [2.24, 2.45) is 0 Å². The zero-order valence-corrected chi connectivity index (χ0v) is 20.5. The van der Waals surface area contributed by atoms with Crippen molar-refractivity contribution >= 4 is 23.8 Å². The van der Waals surface area contributed by atoms with Crippen molar-refractivity contribution in [1.82, 2.24) is 0 Å². The largest absolute Gasteiger partial charge is 0.507 e. The topological polar surface area (TPSA) is 38.7 Å². The minimum Gasteiger partial charge on any atom is -0.507 e. The number of phenolic OH excluding ortho intramolecular Hbond substituents is 1. The van der Waals surface area contributed by atoms with Crippen molar-refractivity contribution in [3.63, 3.8) is 0 Å². The highest BCUT2D eigenvalue weighted by Crippen LogP contribution is 2.46. The minimum atomic E-state index is -1.14. The molecule has 3 aromatic carbocycles. The second-order valence-electron chi connectivity index (χ2n) is 8.98. The maximum atomic E-state index is 11.5. The summed E-state index contributed by atoms with van der Waals surface area (Å²) in [7, 11) is 2.24. The third kappa shape index (κ3) is 4.57. The normalized spacial score (nSPS) is 12.6. The molecule has 0 fully saturated rings. The lowest BCUT2D eigenvalue weighted by Gasteiger charge is -2.29. The van der Waals surface area contributed by atoms with Gasteiger partial charge in [-0.15, -0.1) is 0 Å². The lowest BCUT2D eigenvalue weighted by molar-refractivity contribution is 0.401. The predicted octanol–water partition coefficient (Wildman–Crippen LogP) is 5.59. The molecule has 0 aliphatic rings. The van der Waals surface area contributed by atoms with Crippen LogP contribution in [0.1, 0.15) is 51.7 Å². The first-order valence-electron chi connectivity index (χ1n) is 10.6. The monoisotopic (exact) mass is 436 g/mol. The molecule has 0 aromatic heterocycles. The van der Waals surface area contributed by atoms with Crippen LogP contribution in [0, 0.1) is 0 Å². The van der Waals surface area contributed by atoms with Gasteiger partial charge in [0.1, 0.15) is 17.2 Å². The SMILES string of the molecule is COc1cccc(OC)c1P(c1ccccc1C(C)C)c1cccc(C(C)(C)C)c1O. The average Bonchev–Trinajstić information content (AvgIpc) is 2.74. The summed E-state index contributed by atoms with van der Waals surface area (Å²) in [5.41, 5.74) is 2.03. The molecule has 164 valence electrons. The van der Waals surface area contributed by atoms with Crippen LogP contribution in [0.25, 0.3) is 0 Å². The first-order valence-corrected chi connectivity index (χ1v) is 12.0. The Morgan fingerprint density at radius 1 is 0.774 bits per heavy atom. The Bertz CT molecular complexity index is 1030. The Labute approximate surface area is 187 Å². The zero-order chi connectivity index (χ0) is 22.8. The first-order chi connectivity index (χ1) is 14.7. The van der Waals surface area contributed by atoms with E-state index >= 15 is 0 Å². The van der Waals surface area contributed by atoms with E-state index in [0.717, 1.165) is 27.7 Å². The summed E-state index contributed by atoms with van der Waals surface area (Å²) >= 11 is 0. The number of rotatable bonds is 6. The molecule has 0 aliphatic carbocycles. The van der Waals surface area contributed by atoms with Crippen LogP contribution in [0.3, 0.4) is 0 Å². The molecule has 1 N–H and O–H groups in total. The quantitative estimate of drug-likeness (QED) is 0.512. The molecule has 0 aliphatic heterocycles. The van der Waals surface area contributed by atoms with E-state index in [1.54, 1.807) is 14.2 Å². The van der Waals surface area contributed by atoms with E-state index in [-0.39, 0.29) is 5.41 Å². The second kappa shape index (κ2) is 9.32. The molecule has 0 saturated carbocycles. The van der Waals surface area contributed by atoms with E-state index in [1.165, 1.54) is 10.9 Å². The van der Waals surface area contributed by atoms with E-state index in [9.17, 15) is 5.11 Å². The smallest absolute Gasteiger partial charge is 0.130 e. The minimum absolute atomic E-state index is 0.177. The number of aromatic hydroxyl groups is 1. The van der Waals surface area contributed by atoms with Gasteiger partial charge in [-0.1, -0.05) is 83.1 Å². The third-order valence-corrected chi connectivity index (χ3v) is 8.11. The molecule has 3 rings (SSSR count). The summed E-state index contributed by atoms with van der Waals surface area (Å²) in [5.74, 6) is 2.23. The highest BCUT2D eigenvalue weighted by Gasteiger charge is 2.31. The first kappa shape index (κ1) is 23.2. The fourth-order valence-electron chi connectivity index (χ4n) is 3.92. The summed E-state index contributed by atoms with van der Waals surface area (Å²) in [6, 6.07) is 20.5. The number of ether oxygens (including phenoxy) is 2. The Morgan fingerprint density at radius 3 is 1.87 bits per heavy atom. The van der Waals surface area contributed by atoms with Crippen LogP contribution in [-0.2, 0) is 5.41 Å². The summed E-state index contributed by atoms with van der Waals surface area (Å²) < 4.78 is 11.6. The van der Waals surface area contributed by atoms with Crippen molar-refractivity contribution in [3.05, 3.63) is 71.8 Å². The van der Waals surface area contributed by atoms with Crippen LogP contribution in [0.5, 0.6) is 17.2 Å². The van der Waals surface area contributed by atoms with Gasteiger partial charge in [-0.25, -0.2) is 0 Å². The number of phenols is 1. The second-order valence-corrected chi connectivity index (χ2v) is 11.1. The van der Waals surface area contributed by atoms with Crippen LogP contribution < -0.4 is 25.4 Å². The Morgan fingerprint density at radius 2 is 1.32 bits per heavy atom. The summed E-state index contributed by atoms with van der Waals surface area (Å²) in [4.78, 5) is 0. The van der Waals surface area contributed by atoms with Gasteiger partial charge >= 0.3 is 0 Å². The number of methoxy groups -OCH3 is 2. The molecule has 3 aromatic rings. The molecule has 0 bridgehead atoms. The summed E-state index contributed by atoms with van der Waals surface area (Å²) in [5, 5.41) is 14.6. The van der Waals surface area contributed by atoms with Crippen molar-refractivity contribution in [3.8, 4) is 17.2 Å². The summed E-state index contributed by atoms with van der Waals surface area (Å²) in [6.07, 6.45) is 0. The van der Waals surface area contributed by atoms with Crippen molar-refractivity contribution in [2.45, 2.75) is 46.0 Å². The average molecular weight is 437 g/mol. The van der Waals surface area contributed by atoms with Gasteiger partial charge in [0.05, 0.1) is 19.5 Å². The fraction of sp³-hybridized carbons (Fsp3) is 0.333. The maximum absolute atomic E-state index is 11.5. The zero-order valence-electron chi connectivity index (χ0n) is 19.6. The Kier molecular flexibility index (Phi) is 6.96. The van der Waals surface area contributed by atoms with Gasteiger partial charge in [0.2, 0.25) is 0 Å². The molecular weight excluding hydrogens is 403 g/mol. The molecule has 1 atom stereocenters. The molecule has 0 spiro atoms. The number of hydrogen-bond donors (Lipinski definition) is 1. The van der Waals surface area contributed by atoms with Gasteiger partial charge in [0.25, 0.3) is 0 Å². The van der Waals surface area contributed by atoms with E-state index in [2.05, 4.69) is 58.9 Å². The van der Waals surface area contributed by atoms with E-state index in [4.69, 9.17) is 9.47 Å². The van der Waals surface area contributed by atoms with Crippen LogP contribution in [0.15, 0.2) is 60.7 Å². The molecule has 4 heteroatoms. The maximum Gasteiger partial charge on any atom is 0.130 e. The van der Waals surface area contributed by atoms with Gasteiger partial charge in [-0.3, -0.25) is 0 Å². The highest BCUT2D eigenvalue weighted by molar-refractivity contribution is 7.80. The van der Waals surface area contributed by atoms with Crippen LogP contribution in [0.4, 0.5) is 0 Å². The summed E-state index contributed by atoms with van der Waals surface area (Å²) in [6.45, 7) is 10.8. The number of hydrogen-bond acceptors (Lipinski definition) is 3. The molecule has 0 heterocycles. The predicted molar refractivity (Wildman–Crippen MR) is 133 cm³/mol. The van der Waals surface area contributed by atoms with Gasteiger partial charge in [0.15, 0.2) is 0 Å². The van der Waals surface area contributed by atoms with Gasteiger partial charge in [-0.05, 0) is 47.8 Å². The molecular formula is C27H33O3P. The standard InChI is InChI=1S/C27H33O3P/c1-18(2)19-12-8-9-16-23(19)31(26-21(29-6)14-11-15-22(26)30-7)24-17-10-13-20(25(24)28)27(3,4)5/h8-18,28H,1-7H3. The lowest BCUT2D eigenvalue weighted by Crippen LogP contribution is -2.27. The van der Waals surface area contributed by atoms with Crippen molar-refractivity contribution < 1.29 is 14.6 Å². The van der Waals surface area contributed by atoms with E-state index in [0.29, 0.717) is 11.7 Å². The van der Waals surface area contributed by atoms with Gasteiger partial charge < -0.3 is 14.6 Å². The molecule has 0 amide bonds. The number of para-hydroxylation sites is 1. The van der Waals surface area contributed by atoms with Crippen molar-refractivity contribution in [1.29, 1.82) is 0 Å². The van der Waals surface area contributed by atoms with Crippen molar-refractivity contribution in [2.75, 3.05) is 14.2 Å². The molecule has 0 saturated heterocycles. The molecule has 3 nitrogen and oxygen atoms in total. The van der Waals surface area contributed by atoms with Gasteiger partial charge in [0, 0.05) is 5.30 Å². The van der Waals surface area contributed by atoms with E-state index < -0.39 is 7.92 Å². The third-order valence-electron chi connectivity index (χ3n) is 5.49. The highest BCUT2D eigenvalue weighted by atomic mass is 31.1. The van der Waals surface area contributed by atoms with Crippen LogP contribution >= 0.6 is 7.92 Å². The fourth-order valence-corrected chi connectivity index (χ4v) is 6.83. The van der Waals surface area contributed by atoms with Gasteiger partial charge in [-0.2, -0.15) is 0 Å². The molecule has 1 unspecified atom stereocenters.